The fourth-order valence-corrected chi connectivity index (χ4v) is 5.69. The number of carbonyl (C=O) groups excluding carboxylic acids is 1. The molecule has 1 saturated heterocycles. The molecule has 8 heteroatoms. The summed E-state index contributed by atoms with van der Waals surface area (Å²) in [5, 5.41) is 20.6. The van der Waals surface area contributed by atoms with Crippen molar-refractivity contribution in [2.24, 2.45) is 0 Å². The molecule has 196 valence electrons. The number of ether oxygens (including phenoxy) is 2. The number of carbonyl (C=O) groups is 2. The number of likely N-dealkylation sites (tertiary alicyclic amines) is 1. The van der Waals surface area contributed by atoms with Gasteiger partial charge in [0.2, 0.25) is 5.54 Å². The Kier molecular flexibility index (Phi) is 8.08. The molecule has 0 aromatic heterocycles. The fraction of sp³-hybridized carbons (Fsp3) is 0.300. The van der Waals surface area contributed by atoms with Crippen LogP contribution in [-0.4, -0.2) is 34.3 Å². The molecule has 0 bridgehead atoms. The zero-order valence-electron chi connectivity index (χ0n) is 21.2. The average molecular weight is 518 g/mol. The zero-order chi connectivity index (χ0) is 27.2. The first-order valence-electron chi connectivity index (χ1n) is 12.4. The monoisotopic (exact) mass is 517 g/mol. The van der Waals surface area contributed by atoms with Gasteiger partial charge in [0.05, 0.1) is 13.2 Å². The van der Waals surface area contributed by atoms with Crippen molar-refractivity contribution < 1.29 is 33.0 Å². The third-order valence-corrected chi connectivity index (χ3v) is 7.53. The number of benzene rings is 3. The Bertz CT molecular complexity index is 1320. The molecule has 1 N–H and O–H groups in total. The van der Waals surface area contributed by atoms with Crippen molar-refractivity contribution in [3.63, 3.8) is 0 Å². The van der Waals surface area contributed by atoms with Crippen LogP contribution in [0.4, 0.5) is 9.18 Å². The molecule has 0 radical (unpaired) electrons. The number of piperidine rings is 1. The van der Waals surface area contributed by atoms with Crippen LogP contribution in [0.15, 0.2) is 78.9 Å². The maximum Gasteiger partial charge on any atom is 0.515 e. The Labute approximate surface area is 221 Å². The number of nitrogens with zero attached hydrogens (tertiary/aromatic N) is 2. The van der Waals surface area contributed by atoms with Gasteiger partial charge in [-0.3, -0.25) is 0 Å². The summed E-state index contributed by atoms with van der Waals surface area (Å²) < 4.78 is 24.2. The number of nitriles is 1. The predicted molar refractivity (Wildman–Crippen MR) is 137 cm³/mol. The minimum absolute atomic E-state index is 0.00313. The van der Waals surface area contributed by atoms with Crippen molar-refractivity contribution in [3.05, 3.63) is 101 Å². The Morgan fingerprint density at radius 3 is 2.39 bits per heavy atom. The molecule has 0 aliphatic carbocycles. The SMILES string of the molecule is COC(=O)[C@]1(CC#N)CCC[C@H](c2ccc(OCc3ccccc3F)cc2)[N+]1(Cc1ccccc1)C(=O)O. The largest absolute Gasteiger partial charge is 0.515 e. The number of rotatable bonds is 8. The normalized spacial score (nSPS) is 22.7. The van der Waals surface area contributed by atoms with E-state index in [0.717, 1.165) is 5.56 Å². The van der Waals surface area contributed by atoms with Crippen molar-refractivity contribution in [2.45, 2.75) is 50.4 Å². The molecule has 1 heterocycles. The first-order valence-corrected chi connectivity index (χ1v) is 12.4. The summed E-state index contributed by atoms with van der Waals surface area (Å²) in [5.74, 6) is -0.556. The number of methoxy groups -OCH3 is 1. The van der Waals surface area contributed by atoms with Gasteiger partial charge in [-0.1, -0.05) is 48.5 Å². The number of quaternary nitrogens is 1. The van der Waals surface area contributed by atoms with E-state index in [4.69, 9.17) is 9.47 Å². The number of halogens is 1. The molecule has 1 amide bonds. The van der Waals surface area contributed by atoms with E-state index in [2.05, 4.69) is 6.07 Å². The molecular formula is C30H30FN2O5+. The highest BCUT2D eigenvalue weighted by Crippen LogP contribution is 2.51. The predicted octanol–water partition coefficient (Wildman–Crippen LogP) is 6.15. The van der Waals surface area contributed by atoms with E-state index in [1.165, 1.54) is 13.2 Å². The van der Waals surface area contributed by atoms with Crippen molar-refractivity contribution in [1.29, 1.82) is 5.26 Å². The lowest BCUT2D eigenvalue weighted by atomic mass is 9.75. The van der Waals surface area contributed by atoms with Crippen LogP contribution in [0, 0.1) is 17.1 Å². The van der Waals surface area contributed by atoms with E-state index in [1.807, 2.05) is 30.3 Å². The number of carboxylic acid groups (broad SMARTS) is 1. The summed E-state index contributed by atoms with van der Waals surface area (Å²) in [7, 11) is 1.23. The second-order valence-electron chi connectivity index (χ2n) is 9.51. The average Bonchev–Trinajstić information content (AvgIpc) is 2.94. The van der Waals surface area contributed by atoms with E-state index in [1.54, 1.807) is 42.5 Å². The fourth-order valence-electron chi connectivity index (χ4n) is 5.69. The molecule has 3 atom stereocenters. The molecule has 4 rings (SSSR count). The quantitative estimate of drug-likeness (QED) is 0.284. The first-order chi connectivity index (χ1) is 18.4. The van der Waals surface area contributed by atoms with Crippen molar-refractivity contribution in [1.82, 2.24) is 0 Å². The van der Waals surface area contributed by atoms with Gasteiger partial charge in [-0.25, -0.2) is 9.18 Å². The summed E-state index contributed by atoms with van der Waals surface area (Å²) in [6, 6.07) is 23.9. The van der Waals surface area contributed by atoms with E-state index in [9.17, 15) is 24.3 Å². The van der Waals surface area contributed by atoms with Crippen LogP contribution >= 0.6 is 0 Å². The highest BCUT2D eigenvalue weighted by molar-refractivity contribution is 5.82. The van der Waals surface area contributed by atoms with Gasteiger partial charge in [-0.2, -0.15) is 14.5 Å². The van der Waals surface area contributed by atoms with Crippen LogP contribution < -0.4 is 4.74 Å². The third-order valence-electron chi connectivity index (χ3n) is 7.53. The van der Waals surface area contributed by atoms with E-state index >= 15 is 0 Å². The van der Waals surface area contributed by atoms with Crippen molar-refractivity contribution in [2.75, 3.05) is 7.11 Å². The van der Waals surface area contributed by atoms with Crippen molar-refractivity contribution in [3.8, 4) is 11.8 Å². The third kappa shape index (κ3) is 4.85. The minimum Gasteiger partial charge on any atom is -0.489 e. The Morgan fingerprint density at radius 2 is 1.76 bits per heavy atom. The first kappa shape index (κ1) is 26.8. The van der Waals surface area contributed by atoms with Gasteiger partial charge in [-0.15, -0.1) is 0 Å². The Morgan fingerprint density at radius 1 is 1.08 bits per heavy atom. The van der Waals surface area contributed by atoms with Crippen LogP contribution in [-0.2, 0) is 22.7 Å². The highest BCUT2D eigenvalue weighted by Gasteiger charge is 2.67. The summed E-state index contributed by atoms with van der Waals surface area (Å²) in [6.45, 7) is 0.0510. The molecule has 1 aliphatic rings. The van der Waals surface area contributed by atoms with Gasteiger partial charge in [0.25, 0.3) is 0 Å². The number of hydrogen-bond acceptors (Lipinski definition) is 5. The van der Waals surface area contributed by atoms with Gasteiger partial charge >= 0.3 is 12.1 Å². The standard InChI is InChI=1S/C30H29FN2O5/c1-37-28(34)30(18-19-32)17-7-12-27(33(30,29(35)36)20-22-8-3-2-4-9-22)23-13-15-25(16-14-23)38-21-24-10-5-6-11-26(24)31/h2-6,8-11,13-16,27H,7,12,17-18,20-21H2,1H3/p+1/t27-,30-,33?/m1/s1. The molecule has 0 spiro atoms. The van der Waals surface area contributed by atoms with E-state index in [0.29, 0.717) is 29.7 Å². The summed E-state index contributed by atoms with van der Waals surface area (Å²) in [4.78, 5) is 26.7. The maximum atomic E-state index is 14.0. The summed E-state index contributed by atoms with van der Waals surface area (Å²) in [6.07, 6.45) is -0.223. The summed E-state index contributed by atoms with van der Waals surface area (Å²) >= 11 is 0. The topological polar surface area (TPSA) is 96.6 Å². The smallest absolute Gasteiger partial charge is 0.489 e. The van der Waals surface area contributed by atoms with Gasteiger partial charge in [0, 0.05) is 29.5 Å². The zero-order valence-corrected chi connectivity index (χ0v) is 21.2. The molecule has 38 heavy (non-hydrogen) atoms. The molecule has 7 nitrogen and oxygen atoms in total. The van der Waals surface area contributed by atoms with Gasteiger partial charge in [0.15, 0.2) is 0 Å². The molecule has 3 aromatic carbocycles. The molecule has 1 aliphatic heterocycles. The van der Waals surface area contributed by atoms with Gasteiger partial charge < -0.3 is 14.6 Å². The maximum absolute atomic E-state index is 14.0. The lowest BCUT2D eigenvalue weighted by Crippen LogP contribution is -2.72. The highest BCUT2D eigenvalue weighted by atomic mass is 19.1. The Balaban J connectivity index is 1.76. The van der Waals surface area contributed by atoms with Crippen LogP contribution in [0.3, 0.4) is 0 Å². The number of amides is 1. The minimum atomic E-state index is -1.59. The summed E-state index contributed by atoms with van der Waals surface area (Å²) in [5.41, 5.74) is 0.270. The molecule has 3 aromatic rings. The Hall–Kier alpha value is -4.22. The van der Waals surface area contributed by atoms with Crippen LogP contribution in [0.2, 0.25) is 0 Å². The van der Waals surface area contributed by atoms with Crippen LogP contribution in [0.25, 0.3) is 0 Å². The second-order valence-corrected chi connectivity index (χ2v) is 9.51. The molecular weight excluding hydrogens is 487 g/mol. The number of esters is 1. The molecule has 1 fully saturated rings. The second kappa shape index (κ2) is 11.4. The van der Waals surface area contributed by atoms with Crippen molar-refractivity contribution >= 4 is 12.1 Å². The van der Waals surface area contributed by atoms with Gasteiger partial charge in [-0.05, 0) is 36.8 Å². The lowest BCUT2D eigenvalue weighted by Gasteiger charge is -2.53. The van der Waals surface area contributed by atoms with E-state index < -0.39 is 28.1 Å². The molecule has 0 saturated carbocycles. The van der Waals surface area contributed by atoms with Crippen LogP contribution in [0.1, 0.15) is 48.4 Å². The van der Waals surface area contributed by atoms with Crippen LogP contribution in [0.5, 0.6) is 5.75 Å². The van der Waals surface area contributed by atoms with E-state index in [-0.39, 0.29) is 31.8 Å². The molecule has 1 unspecified atom stereocenters. The van der Waals surface area contributed by atoms with Gasteiger partial charge in [0.1, 0.15) is 37.2 Å². The lowest BCUT2D eigenvalue weighted by molar-refractivity contribution is -0.946. The number of hydrogen-bond donors (Lipinski definition) is 1.